The van der Waals surface area contributed by atoms with E-state index in [1.807, 2.05) is 0 Å². The van der Waals surface area contributed by atoms with Crippen LogP contribution in [0.2, 0.25) is 0 Å². The van der Waals surface area contributed by atoms with E-state index in [9.17, 15) is 68.4 Å². The van der Waals surface area contributed by atoms with Gasteiger partial charge in [0.1, 0.15) is 36.3 Å². The molecule has 0 heterocycles. The predicted molar refractivity (Wildman–Crippen MR) is 197 cm³/mol. The number of hydrogen-bond donors (Lipinski definition) is 12. The van der Waals surface area contributed by atoms with Crippen molar-refractivity contribution in [3.8, 4) is 0 Å². The zero-order valence-corrected chi connectivity index (χ0v) is 31.9. The summed E-state index contributed by atoms with van der Waals surface area (Å²) in [5.41, 5.74) is 6.31. The highest BCUT2D eigenvalue weighted by atomic mass is 16.4. The first-order valence-corrected chi connectivity index (χ1v) is 17.9. The lowest BCUT2D eigenvalue weighted by molar-refractivity contribution is -0.143. The van der Waals surface area contributed by atoms with Crippen molar-refractivity contribution in [2.75, 3.05) is 13.1 Å². The summed E-state index contributed by atoms with van der Waals surface area (Å²) in [4.78, 5) is 124. The van der Waals surface area contributed by atoms with E-state index in [1.165, 1.54) is 13.8 Å². The maximum atomic E-state index is 13.4. The van der Waals surface area contributed by atoms with Crippen LogP contribution in [0.3, 0.4) is 0 Å². The van der Waals surface area contributed by atoms with Crippen LogP contribution in [0.5, 0.6) is 0 Å². The number of aliphatic hydroxyl groups is 1. The SMILES string of the molecule is CC[C@H](C)[C@H](NC(=O)CNC(=O)[C@H](CC(=O)O)NC(=O)CNC(=O)[C@H](C)NC(=O)[C@H](CCC(=O)O)NC(=O)[C@H](Cc1ccccc1)NC(=O)[C@@H](N)[C@@H](C)O)C(=O)O. The maximum absolute atomic E-state index is 13.4. The van der Waals surface area contributed by atoms with Crippen molar-refractivity contribution in [3.63, 3.8) is 0 Å². The van der Waals surface area contributed by atoms with E-state index in [0.717, 1.165) is 0 Å². The van der Waals surface area contributed by atoms with Crippen molar-refractivity contribution >= 4 is 59.3 Å². The van der Waals surface area contributed by atoms with E-state index in [1.54, 1.807) is 44.2 Å². The van der Waals surface area contributed by atoms with E-state index < -0.39 is 140 Å². The van der Waals surface area contributed by atoms with Gasteiger partial charge in [-0.2, -0.15) is 0 Å². The highest BCUT2D eigenvalue weighted by Gasteiger charge is 2.32. The molecule has 8 atom stereocenters. The van der Waals surface area contributed by atoms with Crippen LogP contribution in [-0.2, 0) is 54.4 Å². The molecule has 0 aliphatic rings. The summed E-state index contributed by atoms with van der Waals surface area (Å²) < 4.78 is 0. The zero-order chi connectivity index (χ0) is 43.4. The molecule has 1 aromatic carbocycles. The highest BCUT2D eigenvalue weighted by Crippen LogP contribution is 2.09. The lowest BCUT2D eigenvalue weighted by atomic mass is 9.99. The average molecular weight is 809 g/mol. The number of hydrogen-bond acceptors (Lipinski definition) is 12. The van der Waals surface area contributed by atoms with Gasteiger partial charge in [0, 0.05) is 12.8 Å². The minimum atomic E-state index is -1.72. The second kappa shape index (κ2) is 24.4. The molecule has 22 heteroatoms. The summed E-state index contributed by atoms with van der Waals surface area (Å²) in [6.07, 6.45) is -2.92. The smallest absolute Gasteiger partial charge is 0.326 e. The molecule has 0 saturated heterocycles. The molecule has 0 radical (unpaired) electrons. The van der Waals surface area contributed by atoms with Crippen LogP contribution in [-0.4, -0.2) is 135 Å². The van der Waals surface area contributed by atoms with Crippen LogP contribution in [0.1, 0.15) is 58.9 Å². The van der Waals surface area contributed by atoms with Crippen molar-refractivity contribution in [2.24, 2.45) is 11.7 Å². The van der Waals surface area contributed by atoms with Crippen molar-refractivity contribution < 1.29 is 68.4 Å². The van der Waals surface area contributed by atoms with E-state index in [2.05, 4.69) is 37.2 Å². The summed E-state index contributed by atoms with van der Waals surface area (Å²) in [7, 11) is 0. The largest absolute Gasteiger partial charge is 0.481 e. The Morgan fingerprint density at radius 1 is 0.649 bits per heavy atom. The first-order chi connectivity index (χ1) is 26.7. The number of nitrogens with two attached hydrogens (primary N) is 1. The van der Waals surface area contributed by atoms with Gasteiger partial charge in [0.25, 0.3) is 0 Å². The summed E-state index contributed by atoms with van der Waals surface area (Å²) >= 11 is 0. The van der Waals surface area contributed by atoms with Crippen molar-refractivity contribution in [1.29, 1.82) is 0 Å². The van der Waals surface area contributed by atoms with E-state index in [-0.39, 0.29) is 6.42 Å². The molecular weight excluding hydrogens is 756 g/mol. The minimum absolute atomic E-state index is 0.0883. The third-order valence-corrected chi connectivity index (χ3v) is 8.44. The zero-order valence-electron chi connectivity index (χ0n) is 31.9. The van der Waals surface area contributed by atoms with E-state index in [0.29, 0.717) is 12.0 Å². The molecule has 1 rings (SSSR count). The Balaban J connectivity index is 2.94. The summed E-state index contributed by atoms with van der Waals surface area (Å²) in [6.45, 7) is 4.19. The van der Waals surface area contributed by atoms with Crippen LogP contribution in [0.25, 0.3) is 0 Å². The summed E-state index contributed by atoms with van der Waals surface area (Å²) in [5, 5.41) is 53.3. The normalized spacial score (nSPS) is 15.0. The third-order valence-electron chi connectivity index (χ3n) is 8.44. The molecule has 13 N–H and O–H groups in total. The molecule has 1 aromatic rings. The third kappa shape index (κ3) is 18.4. The van der Waals surface area contributed by atoms with Crippen LogP contribution in [0, 0.1) is 5.92 Å². The molecule has 22 nitrogen and oxygen atoms in total. The number of aliphatic carboxylic acids is 3. The van der Waals surface area contributed by atoms with Gasteiger partial charge in [-0.3, -0.25) is 43.2 Å². The lowest BCUT2D eigenvalue weighted by Gasteiger charge is -2.25. The molecule has 0 unspecified atom stereocenters. The Hall–Kier alpha value is -6.16. The topological polar surface area (TPSA) is 362 Å². The lowest BCUT2D eigenvalue weighted by Crippen LogP contribution is -2.59. The molecule has 0 aromatic heterocycles. The number of benzene rings is 1. The van der Waals surface area contributed by atoms with Crippen LogP contribution < -0.4 is 43.0 Å². The fourth-order valence-corrected chi connectivity index (χ4v) is 4.88. The van der Waals surface area contributed by atoms with E-state index in [4.69, 9.17) is 5.73 Å². The van der Waals surface area contributed by atoms with Crippen LogP contribution in [0.4, 0.5) is 0 Å². The predicted octanol–water partition coefficient (Wildman–Crippen LogP) is -3.92. The molecule has 316 valence electrons. The molecule has 0 aliphatic heterocycles. The summed E-state index contributed by atoms with van der Waals surface area (Å²) in [6, 6.07) is -0.281. The maximum Gasteiger partial charge on any atom is 0.326 e. The quantitative estimate of drug-likeness (QED) is 0.0449. The molecule has 0 spiro atoms. The Morgan fingerprint density at radius 2 is 1.19 bits per heavy atom. The number of carbonyl (C=O) groups excluding carboxylic acids is 7. The number of carbonyl (C=O) groups is 10. The first kappa shape index (κ1) is 48.9. The number of rotatable bonds is 25. The molecule has 57 heavy (non-hydrogen) atoms. The molecule has 0 fully saturated rings. The Kier molecular flexibility index (Phi) is 20.9. The fraction of sp³-hybridized carbons (Fsp3) is 0.543. The second-order valence-electron chi connectivity index (χ2n) is 13.2. The molecule has 0 bridgehead atoms. The van der Waals surface area contributed by atoms with Crippen LogP contribution >= 0.6 is 0 Å². The fourth-order valence-electron chi connectivity index (χ4n) is 4.88. The molecule has 7 amide bonds. The number of nitrogens with one attached hydrogen (secondary N) is 7. The Bertz CT molecular complexity index is 1610. The van der Waals surface area contributed by atoms with Crippen LogP contribution in [0.15, 0.2) is 30.3 Å². The van der Waals surface area contributed by atoms with Gasteiger partial charge in [-0.05, 0) is 31.7 Å². The molecular formula is C35H52N8O14. The molecule has 0 saturated carbocycles. The number of carboxylic acid groups (broad SMARTS) is 3. The highest BCUT2D eigenvalue weighted by molar-refractivity contribution is 5.97. The van der Waals surface area contributed by atoms with Crippen molar-refractivity contribution in [2.45, 2.75) is 102 Å². The van der Waals surface area contributed by atoms with Gasteiger partial charge in [-0.1, -0.05) is 50.6 Å². The average Bonchev–Trinajstić information content (AvgIpc) is 3.14. The minimum Gasteiger partial charge on any atom is -0.481 e. The van der Waals surface area contributed by atoms with Gasteiger partial charge in [0.05, 0.1) is 25.6 Å². The van der Waals surface area contributed by atoms with Gasteiger partial charge in [0.2, 0.25) is 41.4 Å². The number of amides is 7. The van der Waals surface area contributed by atoms with E-state index >= 15 is 0 Å². The summed E-state index contributed by atoms with van der Waals surface area (Å²) in [5.74, 6) is -11.4. The van der Waals surface area contributed by atoms with Crippen molar-refractivity contribution in [3.05, 3.63) is 35.9 Å². The van der Waals surface area contributed by atoms with Crippen molar-refractivity contribution in [1.82, 2.24) is 37.2 Å². The Morgan fingerprint density at radius 3 is 1.72 bits per heavy atom. The van der Waals surface area contributed by atoms with Gasteiger partial charge >= 0.3 is 17.9 Å². The first-order valence-electron chi connectivity index (χ1n) is 17.9. The molecule has 0 aliphatic carbocycles. The van der Waals surface area contributed by atoms with Gasteiger partial charge in [0.15, 0.2) is 0 Å². The standard InChI is InChI=1S/C35H52N8O14/c1-5-17(2)29(35(56)57)43-25(46)16-38-31(52)23(14-27(49)50)40-24(45)15-37-30(51)18(3)39-32(53)21(11-12-26(47)48)41-33(54)22(13-20-9-7-6-8-10-20)42-34(55)28(36)19(4)44/h6-10,17-19,21-23,28-29,44H,5,11-16,36H2,1-4H3,(H,37,51)(H,38,52)(H,39,53)(H,40,45)(H,41,54)(H,42,55)(H,43,46)(H,47,48)(H,49,50)(H,56,57)/t17-,18-,19+,21-,22-,23-,28-,29-/m0/s1. The number of aliphatic hydroxyl groups excluding tert-OH is 1. The van der Waals surface area contributed by atoms with Gasteiger partial charge < -0.3 is 63.4 Å². The Labute approximate surface area is 327 Å². The second-order valence-corrected chi connectivity index (χ2v) is 13.2. The van der Waals surface area contributed by atoms with Gasteiger partial charge in [-0.25, -0.2) is 4.79 Å². The van der Waals surface area contributed by atoms with Gasteiger partial charge in [-0.15, -0.1) is 0 Å². The number of carboxylic acids is 3. The monoisotopic (exact) mass is 808 g/mol.